The molecule has 6 nitrogen and oxygen atoms in total. The number of carbonyl (C=O) groups excluding carboxylic acids is 1. The van der Waals surface area contributed by atoms with Crippen molar-refractivity contribution in [2.24, 2.45) is 0 Å². The van der Waals surface area contributed by atoms with E-state index in [1.165, 1.54) is 14.0 Å². The van der Waals surface area contributed by atoms with Gasteiger partial charge in [0.05, 0.1) is 30.5 Å². The molecule has 1 aliphatic rings. The Labute approximate surface area is 171 Å². The summed E-state index contributed by atoms with van der Waals surface area (Å²) in [7, 11) is 0.945. The van der Waals surface area contributed by atoms with Gasteiger partial charge in [0.15, 0.2) is 5.78 Å². The van der Waals surface area contributed by atoms with Crippen LogP contribution in [-0.2, 0) is 15.9 Å². The van der Waals surface area contributed by atoms with E-state index in [0.717, 1.165) is 5.46 Å². The van der Waals surface area contributed by atoms with Gasteiger partial charge in [0.25, 0.3) is 0 Å². The molecule has 0 unspecified atom stereocenters. The van der Waals surface area contributed by atoms with Gasteiger partial charge >= 0.3 is 7.12 Å². The second-order valence-corrected chi connectivity index (χ2v) is 8.13. The van der Waals surface area contributed by atoms with Crippen LogP contribution in [0.5, 0.6) is 17.2 Å². The van der Waals surface area contributed by atoms with Gasteiger partial charge in [-0.05, 0) is 69.9 Å². The molecule has 7 heteroatoms. The third-order valence-corrected chi connectivity index (χ3v) is 5.58. The highest BCUT2D eigenvalue weighted by molar-refractivity contribution is 6.62. The highest BCUT2D eigenvalue weighted by Crippen LogP contribution is 2.37. The fourth-order valence-corrected chi connectivity index (χ4v) is 3.14. The second kappa shape index (κ2) is 7.82. The molecule has 154 valence electrons. The molecule has 0 spiro atoms. The maximum Gasteiger partial charge on any atom is 0.495 e. The maximum absolute atomic E-state index is 11.7. The minimum atomic E-state index is -0.564. The van der Waals surface area contributed by atoms with E-state index in [1.54, 1.807) is 30.3 Å². The molecule has 1 aliphatic heterocycles. The van der Waals surface area contributed by atoms with E-state index < -0.39 is 18.3 Å². The molecule has 0 aromatic heterocycles. The molecule has 1 N–H and O–H groups in total. The Hall–Kier alpha value is -2.35. The number of carbonyl (C=O) groups is 1. The monoisotopic (exact) mass is 398 g/mol. The molecule has 1 saturated heterocycles. The summed E-state index contributed by atoms with van der Waals surface area (Å²) in [6.45, 7) is 9.26. The molecule has 1 fully saturated rings. The van der Waals surface area contributed by atoms with Crippen molar-refractivity contribution in [3.8, 4) is 17.2 Å². The van der Waals surface area contributed by atoms with Gasteiger partial charge in [-0.25, -0.2) is 0 Å². The number of benzene rings is 2. The van der Waals surface area contributed by atoms with E-state index in [-0.39, 0.29) is 12.4 Å². The van der Waals surface area contributed by atoms with Crippen LogP contribution in [0, 0.1) is 0 Å². The second-order valence-electron chi connectivity index (χ2n) is 8.13. The Balaban J connectivity index is 1.86. The van der Waals surface area contributed by atoms with E-state index in [1.807, 2.05) is 33.8 Å². The average molecular weight is 398 g/mol. The number of hydrogen-bond donors (Lipinski definition) is 1. The number of aliphatic hydroxyl groups is 1. The van der Waals surface area contributed by atoms with Gasteiger partial charge in [-0.3, -0.25) is 4.79 Å². The van der Waals surface area contributed by atoms with Crippen molar-refractivity contribution in [3.63, 3.8) is 0 Å². The highest BCUT2D eigenvalue weighted by Gasteiger charge is 2.52. The first kappa shape index (κ1) is 21.4. The standard InChI is InChI=1S/C22H27BO6/c1-14(25)18-9-7-17(12-20(18)26-6)27-16-8-10-19(15(11-16)13-24)23-28-21(2,3)22(4,5)29-23/h7-12,24H,13H2,1-6H3. The Morgan fingerprint density at radius 2 is 1.62 bits per heavy atom. The third kappa shape index (κ3) is 4.17. The zero-order valence-electron chi connectivity index (χ0n) is 17.7. The first-order valence-electron chi connectivity index (χ1n) is 9.54. The lowest BCUT2D eigenvalue weighted by atomic mass is 9.76. The van der Waals surface area contributed by atoms with Crippen molar-refractivity contribution >= 4 is 18.4 Å². The van der Waals surface area contributed by atoms with Crippen molar-refractivity contribution in [3.05, 3.63) is 47.5 Å². The van der Waals surface area contributed by atoms with E-state index in [2.05, 4.69) is 0 Å². The van der Waals surface area contributed by atoms with E-state index in [0.29, 0.717) is 28.4 Å². The van der Waals surface area contributed by atoms with Crippen LogP contribution in [0.1, 0.15) is 50.5 Å². The Bertz CT molecular complexity index is 906. The molecule has 29 heavy (non-hydrogen) atoms. The molecule has 0 atom stereocenters. The topological polar surface area (TPSA) is 74.2 Å². The van der Waals surface area contributed by atoms with Gasteiger partial charge in [-0.2, -0.15) is 0 Å². The number of ketones is 1. The van der Waals surface area contributed by atoms with E-state index in [9.17, 15) is 9.90 Å². The number of aliphatic hydroxyl groups excluding tert-OH is 1. The van der Waals surface area contributed by atoms with Crippen LogP contribution < -0.4 is 14.9 Å². The maximum atomic E-state index is 11.7. The summed E-state index contributed by atoms with van der Waals surface area (Å²) in [5.74, 6) is 1.44. The van der Waals surface area contributed by atoms with Gasteiger partial charge in [0, 0.05) is 6.07 Å². The van der Waals surface area contributed by atoms with Gasteiger partial charge < -0.3 is 23.9 Å². The lowest BCUT2D eigenvalue weighted by molar-refractivity contribution is 0.00578. The fraction of sp³-hybridized carbons (Fsp3) is 0.409. The molecule has 0 amide bonds. The van der Waals surface area contributed by atoms with Crippen molar-refractivity contribution in [2.45, 2.75) is 52.4 Å². The molecule has 0 bridgehead atoms. The van der Waals surface area contributed by atoms with Crippen LogP contribution in [-0.4, -0.2) is 36.3 Å². The number of hydrogen-bond acceptors (Lipinski definition) is 6. The molecule has 3 rings (SSSR count). The van der Waals surface area contributed by atoms with Gasteiger partial charge in [0.2, 0.25) is 0 Å². The van der Waals surface area contributed by atoms with Crippen molar-refractivity contribution in [1.82, 2.24) is 0 Å². The zero-order valence-corrected chi connectivity index (χ0v) is 17.7. The Kier molecular flexibility index (Phi) is 5.76. The summed E-state index contributed by atoms with van der Waals surface area (Å²) in [6.07, 6.45) is 0. The Morgan fingerprint density at radius 1 is 1.03 bits per heavy atom. The first-order chi connectivity index (χ1) is 13.6. The first-order valence-corrected chi connectivity index (χ1v) is 9.54. The number of Topliss-reactive ketones (excluding diaryl/α,β-unsaturated/α-hetero) is 1. The number of ether oxygens (including phenoxy) is 2. The SMILES string of the molecule is COc1cc(Oc2ccc(B3OC(C)(C)C(C)(C)O3)c(CO)c2)ccc1C(C)=O. The normalized spacial score (nSPS) is 17.3. The Morgan fingerprint density at radius 3 is 2.17 bits per heavy atom. The fourth-order valence-electron chi connectivity index (χ4n) is 3.14. The summed E-state index contributed by atoms with van der Waals surface area (Å²) in [4.78, 5) is 11.7. The van der Waals surface area contributed by atoms with Crippen molar-refractivity contribution < 1.29 is 28.7 Å². The molecular formula is C22H27BO6. The molecular weight excluding hydrogens is 371 g/mol. The summed E-state index contributed by atoms with van der Waals surface area (Å²) in [5.41, 5.74) is 0.992. The van der Waals surface area contributed by atoms with Gasteiger partial charge in [-0.15, -0.1) is 0 Å². The summed E-state index contributed by atoms with van der Waals surface area (Å²) in [6, 6.07) is 10.4. The van der Waals surface area contributed by atoms with Crippen LogP contribution in [0.2, 0.25) is 0 Å². The molecule has 0 aliphatic carbocycles. The van der Waals surface area contributed by atoms with Crippen LogP contribution >= 0.6 is 0 Å². The van der Waals surface area contributed by atoms with E-state index in [4.69, 9.17) is 18.8 Å². The van der Waals surface area contributed by atoms with E-state index >= 15 is 0 Å². The number of methoxy groups -OCH3 is 1. The van der Waals surface area contributed by atoms with Gasteiger partial charge in [0.1, 0.15) is 17.2 Å². The average Bonchev–Trinajstić information content (AvgIpc) is 2.88. The smallest absolute Gasteiger partial charge is 0.495 e. The molecule has 2 aromatic rings. The van der Waals surface area contributed by atoms with Crippen LogP contribution in [0.25, 0.3) is 0 Å². The predicted molar refractivity (Wildman–Crippen MR) is 111 cm³/mol. The minimum Gasteiger partial charge on any atom is -0.496 e. The zero-order chi connectivity index (χ0) is 21.4. The van der Waals surface area contributed by atoms with Crippen LogP contribution in [0.4, 0.5) is 0 Å². The van der Waals surface area contributed by atoms with Crippen LogP contribution in [0.3, 0.4) is 0 Å². The highest BCUT2D eigenvalue weighted by atomic mass is 16.7. The molecule has 2 aromatic carbocycles. The van der Waals surface area contributed by atoms with Crippen molar-refractivity contribution in [2.75, 3.05) is 7.11 Å². The molecule has 0 radical (unpaired) electrons. The quantitative estimate of drug-likeness (QED) is 0.593. The van der Waals surface area contributed by atoms with Gasteiger partial charge in [-0.1, -0.05) is 6.07 Å². The van der Waals surface area contributed by atoms with Crippen molar-refractivity contribution in [1.29, 1.82) is 0 Å². The lowest BCUT2D eigenvalue weighted by Gasteiger charge is -2.32. The summed E-state index contributed by atoms with van der Waals surface area (Å²) in [5, 5.41) is 9.88. The number of rotatable bonds is 6. The largest absolute Gasteiger partial charge is 0.496 e. The summed E-state index contributed by atoms with van der Waals surface area (Å²) < 4.78 is 23.4. The predicted octanol–water partition coefficient (Wildman–Crippen LogP) is 3.48. The minimum absolute atomic E-state index is 0.0808. The third-order valence-electron chi connectivity index (χ3n) is 5.58. The molecule has 1 heterocycles. The summed E-state index contributed by atoms with van der Waals surface area (Å²) >= 11 is 0. The molecule has 0 saturated carbocycles. The lowest BCUT2D eigenvalue weighted by Crippen LogP contribution is -2.41. The van der Waals surface area contributed by atoms with Crippen LogP contribution in [0.15, 0.2) is 36.4 Å².